The minimum atomic E-state index is -0.0125. The van der Waals surface area contributed by atoms with Crippen LogP contribution in [0.2, 0.25) is 0 Å². The number of Topliss-reactive ketones (excluding diaryl/α,β-unsaturated/α-hetero) is 1. The molecule has 0 radical (unpaired) electrons. The summed E-state index contributed by atoms with van der Waals surface area (Å²) in [6, 6.07) is 8.06. The number of hydrogen-bond acceptors (Lipinski definition) is 3. The lowest BCUT2D eigenvalue weighted by Crippen LogP contribution is -2.51. The zero-order valence-electron chi connectivity index (χ0n) is 12.9. The summed E-state index contributed by atoms with van der Waals surface area (Å²) < 4.78 is 0. The van der Waals surface area contributed by atoms with Gasteiger partial charge in [-0.05, 0) is 25.5 Å². The number of piperazine rings is 1. The topological polar surface area (TPSA) is 23.6 Å². The SMILES string of the molecule is CCc1ccc(C(=O)C(C)N2CCN(CC)CC2)cc1. The molecule has 0 spiro atoms. The van der Waals surface area contributed by atoms with Crippen LogP contribution < -0.4 is 0 Å². The molecule has 2 rings (SSSR count). The molecule has 1 saturated heterocycles. The number of nitrogens with zero attached hydrogens (tertiary/aromatic N) is 2. The van der Waals surface area contributed by atoms with Gasteiger partial charge in [-0.1, -0.05) is 38.1 Å². The molecule has 110 valence electrons. The number of benzene rings is 1. The Morgan fingerprint density at radius 3 is 2.20 bits per heavy atom. The van der Waals surface area contributed by atoms with Gasteiger partial charge in [-0.3, -0.25) is 9.69 Å². The van der Waals surface area contributed by atoms with Gasteiger partial charge in [0.15, 0.2) is 5.78 Å². The zero-order valence-corrected chi connectivity index (χ0v) is 12.9. The molecule has 1 aromatic rings. The number of carbonyl (C=O) groups excluding carboxylic acids is 1. The van der Waals surface area contributed by atoms with Crippen molar-refractivity contribution in [3.63, 3.8) is 0 Å². The van der Waals surface area contributed by atoms with E-state index in [-0.39, 0.29) is 11.8 Å². The van der Waals surface area contributed by atoms with Gasteiger partial charge in [-0.15, -0.1) is 0 Å². The molecule has 1 fully saturated rings. The Kier molecular flexibility index (Phi) is 5.32. The van der Waals surface area contributed by atoms with Crippen LogP contribution in [0.15, 0.2) is 24.3 Å². The second kappa shape index (κ2) is 7.00. The summed E-state index contributed by atoms with van der Waals surface area (Å²) in [5.41, 5.74) is 2.12. The van der Waals surface area contributed by atoms with E-state index in [2.05, 4.69) is 35.8 Å². The van der Waals surface area contributed by atoms with E-state index >= 15 is 0 Å². The Balaban J connectivity index is 1.97. The maximum atomic E-state index is 12.5. The zero-order chi connectivity index (χ0) is 14.5. The van der Waals surface area contributed by atoms with Crippen molar-refractivity contribution in [1.29, 1.82) is 0 Å². The van der Waals surface area contributed by atoms with E-state index in [1.165, 1.54) is 5.56 Å². The maximum Gasteiger partial charge on any atom is 0.179 e. The van der Waals surface area contributed by atoms with Gasteiger partial charge < -0.3 is 4.90 Å². The van der Waals surface area contributed by atoms with Crippen LogP contribution in [0.4, 0.5) is 0 Å². The van der Waals surface area contributed by atoms with Crippen LogP contribution in [-0.2, 0) is 6.42 Å². The van der Waals surface area contributed by atoms with Gasteiger partial charge in [-0.2, -0.15) is 0 Å². The van der Waals surface area contributed by atoms with E-state index < -0.39 is 0 Å². The van der Waals surface area contributed by atoms with Gasteiger partial charge in [0.05, 0.1) is 6.04 Å². The molecule has 1 heterocycles. The predicted octanol–water partition coefficient (Wildman–Crippen LogP) is 2.46. The highest BCUT2D eigenvalue weighted by atomic mass is 16.1. The molecule has 3 nitrogen and oxygen atoms in total. The summed E-state index contributed by atoms with van der Waals surface area (Å²) in [6.07, 6.45) is 1.02. The Labute approximate surface area is 122 Å². The normalized spacial score (nSPS) is 18.9. The highest BCUT2D eigenvalue weighted by Crippen LogP contribution is 2.13. The first kappa shape index (κ1) is 15.2. The van der Waals surface area contributed by atoms with E-state index in [0.29, 0.717) is 0 Å². The highest BCUT2D eigenvalue weighted by molar-refractivity contribution is 5.99. The Morgan fingerprint density at radius 2 is 1.70 bits per heavy atom. The first-order valence-electron chi connectivity index (χ1n) is 7.75. The van der Waals surface area contributed by atoms with Crippen LogP contribution >= 0.6 is 0 Å². The first-order chi connectivity index (χ1) is 9.65. The lowest BCUT2D eigenvalue weighted by molar-refractivity contribution is 0.0710. The van der Waals surface area contributed by atoms with Gasteiger partial charge in [0.2, 0.25) is 0 Å². The second-order valence-corrected chi connectivity index (χ2v) is 5.56. The third-order valence-corrected chi connectivity index (χ3v) is 4.43. The third-order valence-electron chi connectivity index (χ3n) is 4.43. The lowest BCUT2D eigenvalue weighted by atomic mass is 10.0. The van der Waals surface area contributed by atoms with Crippen molar-refractivity contribution >= 4 is 5.78 Å². The molecule has 0 saturated carbocycles. The molecule has 0 aliphatic carbocycles. The van der Waals surface area contributed by atoms with E-state index in [1.807, 2.05) is 19.1 Å². The van der Waals surface area contributed by atoms with Crippen molar-refractivity contribution in [2.75, 3.05) is 32.7 Å². The maximum absolute atomic E-state index is 12.5. The quantitative estimate of drug-likeness (QED) is 0.771. The lowest BCUT2D eigenvalue weighted by Gasteiger charge is -2.37. The summed E-state index contributed by atoms with van der Waals surface area (Å²) in [6.45, 7) is 11.6. The molecule has 1 aromatic carbocycles. The average molecular weight is 274 g/mol. The molecule has 1 aliphatic rings. The Bertz CT molecular complexity index is 433. The largest absolute Gasteiger partial charge is 0.301 e. The summed E-state index contributed by atoms with van der Waals surface area (Å²) in [5.74, 6) is 0.248. The molecule has 20 heavy (non-hydrogen) atoms. The standard InChI is InChI=1S/C17H26N2O/c1-4-15-6-8-16(9-7-15)17(20)14(3)19-12-10-18(5-2)11-13-19/h6-9,14H,4-5,10-13H2,1-3H3. The molecule has 1 atom stereocenters. The molecule has 3 heteroatoms. The van der Waals surface area contributed by atoms with Gasteiger partial charge in [0.1, 0.15) is 0 Å². The molecule has 1 unspecified atom stereocenters. The fraction of sp³-hybridized carbons (Fsp3) is 0.588. The summed E-state index contributed by atoms with van der Waals surface area (Å²) in [4.78, 5) is 17.3. The van der Waals surface area contributed by atoms with Crippen LogP contribution in [0.1, 0.15) is 36.7 Å². The highest BCUT2D eigenvalue weighted by Gasteiger charge is 2.25. The van der Waals surface area contributed by atoms with Gasteiger partial charge in [-0.25, -0.2) is 0 Å². The van der Waals surface area contributed by atoms with E-state index in [1.54, 1.807) is 0 Å². The van der Waals surface area contributed by atoms with Crippen LogP contribution in [0, 0.1) is 0 Å². The molecule has 0 N–H and O–H groups in total. The van der Waals surface area contributed by atoms with E-state index in [0.717, 1.165) is 44.7 Å². The van der Waals surface area contributed by atoms with Crippen molar-refractivity contribution in [1.82, 2.24) is 9.80 Å². The van der Waals surface area contributed by atoms with Crippen molar-refractivity contribution < 1.29 is 4.79 Å². The second-order valence-electron chi connectivity index (χ2n) is 5.56. The van der Waals surface area contributed by atoms with Crippen molar-refractivity contribution in [3.8, 4) is 0 Å². The third kappa shape index (κ3) is 3.47. The minimum Gasteiger partial charge on any atom is -0.301 e. The van der Waals surface area contributed by atoms with Gasteiger partial charge in [0, 0.05) is 31.7 Å². The number of aryl methyl sites for hydroxylation is 1. The first-order valence-corrected chi connectivity index (χ1v) is 7.75. The minimum absolute atomic E-state index is 0.0125. The van der Waals surface area contributed by atoms with Crippen LogP contribution in [0.25, 0.3) is 0 Å². The van der Waals surface area contributed by atoms with Crippen LogP contribution in [0.5, 0.6) is 0 Å². The number of rotatable bonds is 5. The molecular weight excluding hydrogens is 248 g/mol. The number of likely N-dealkylation sites (N-methyl/N-ethyl adjacent to an activating group) is 1. The number of hydrogen-bond donors (Lipinski definition) is 0. The molecule has 0 amide bonds. The van der Waals surface area contributed by atoms with E-state index in [4.69, 9.17) is 0 Å². The number of ketones is 1. The fourth-order valence-corrected chi connectivity index (χ4v) is 2.78. The van der Waals surface area contributed by atoms with Crippen molar-refractivity contribution in [2.45, 2.75) is 33.2 Å². The molecule has 0 aromatic heterocycles. The summed E-state index contributed by atoms with van der Waals surface area (Å²) in [5, 5.41) is 0. The predicted molar refractivity (Wildman–Crippen MR) is 83.3 cm³/mol. The van der Waals surface area contributed by atoms with Gasteiger partial charge >= 0.3 is 0 Å². The molecular formula is C17H26N2O. The molecule has 0 bridgehead atoms. The van der Waals surface area contributed by atoms with Crippen LogP contribution in [0.3, 0.4) is 0 Å². The smallest absolute Gasteiger partial charge is 0.179 e. The number of carbonyl (C=O) groups is 1. The Morgan fingerprint density at radius 1 is 1.10 bits per heavy atom. The summed E-state index contributed by atoms with van der Waals surface area (Å²) in [7, 11) is 0. The van der Waals surface area contributed by atoms with Crippen molar-refractivity contribution in [3.05, 3.63) is 35.4 Å². The van der Waals surface area contributed by atoms with Crippen molar-refractivity contribution in [2.24, 2.45) is 0 Å². The monoisotopic (exact) mass is 274 g/mol. The van der Waals surface area contributed by atoms with E-state index in [9.17, 15) is 4.79 Å². The Hall–Kier alpha value is -1.19. The van der Waals surface area contributed by atoms with Gasteiger partial charge in [0.25, 0.3) is 0 Å². The van der Waals surface area contributed by atoms with Crippen LogP contribution in [-0.4, -0.2) is 54.3 Å². The average Bonchev–Trinajstić information content (AvgIpc) is 2.53. The fourth-order valence-electron chi connectivity index (χ4n) is 2.78. The molecule has 1 aliphatic heterocycles. The summed E-state index contributed by atoms with van der Waals surface area (Å²) >= 11 is 0.